The van der Waals surface area contributed by atoms with Gasteiger partial charge in [-0.3, -0.25) is 4.79 Å². The highest BCUT2D eigenvalue weighted by atomic mass is 16.5. The van der Waals surface area contributed by atoms with Gasteiger partial charge in [0.15, 0.2) is 0 Å². The lowest BCUT2D eigenvalue weighted by molar-refractivity contribution is -0.112. The summed E-state index contributed by atoms with van der Waals surface area (Å²) < 4.78 is 12.5. The van der Waals surface area contributed by atoms with Crippen molar-refractivity contribution in [2.24, 2.45) is 0 Å². The molecule has 0 aliphatic heterocycles. The van der Waals surface area contributed by atoms with Crippen molar-refractivity contribution in [3.63, 3.8) is 0 Å². The number of carbonyl (C=O) groups excluding carboxylic acids is 2. The number of benzene rings is 2. The number of amides is 1. The Morgan fingerprint density at radius 3 is 2.44 bits per heavy atom. The first kappa shape index (κ1) is 24.3. The normalized spacial score (nSPS) is 11.0. The van der Waals surface area contributed by atoms with E-state index in [1.165, 1.54) is 0 Å². The van der Waals surface area contributed by atoms with Crippen LogP contribution >= 0.6 is 0 Å². The van der Waals surface area contributed by atoms with Crippen LogP contribution in [0.4, 0.5) is 5.69 Å². The zero-order chi connectivity index (χ0) is 24.7. The number of ether oxygens (including phenoxy) is 2. The molecule has 3 aromatic rings. The molecule has 3 rings (SSSR count). The zero-order valence-corrected chi connectivity index (χ0v) is 19.7. The van der Waals surface area contributed by atoms with Crippen LogP contribution in [0.25, 0.3) is 11.8 Å². The van der Waals surface area contributed by atoms with Crippen LogP contribution < -0.4 is 10.1 Å². The summed E-state index contributed by atoms with van der Waals surface area (Å²) in [5.41, 5.74) is 4.41. The lowest BCUT2D eigenvalue weighted by Crippen LogP contribution is -2.13. The molecular formula is C27H27N3O4. The van der Waals surface area contributed by atoms with Crippen LogP contribution in [0.3, 0.4) is 0 Å². The number of aromatic nitrogens is 1. The molecule has 1 amide bonds. The van der Waals surface area contributed by atoms with Gasteiger partial charge >= 0.3 is 5.97 Å². The third-order valence-electron chi connectivity index (χ3n) is 5.17. The van der Waals surface area contributed by atoms with Gasteiger partial charge in [0, 0.05) is 28.8 Å². The van der Waals surface area contributed by atoms with Crippen LogP contribution in [0.1, 0.15) is 41.2 Å². The number of hydrogen-bond acceptors (Lipinski definition) is 5. The number of rotatable bonds is 8. The SMILES string of the molecule is CCOC(=O)c1ccc(-n2c(C)cc(C=C(C#N)C(=O)Nc3cccc(OCC)c3)c2C)cc1. The van der Waals surface area contributed by atoms with E-state index in [1.807, 2.05) is 49.6 Å². The van der Waals surface area contributed by atoms with Gasteiger partial charge in [-0.1, -0.05) is 6.07 Å². The number of carbonyl (C=O) groups is 2. The Bertz CT molecular complexity index is 1260. The van der Waals surface area contributed by atoms with Gasteiger partial charge in [-0.15, -0.1) is 0 Å². The molecule has 0 saturated heterocycles. The first-order valence-corrected chi connectivity index (χ1v) is 11.0. The van der Waals surface area contributed by atoms with E-state index < -0.39 is 5.91 Å². The molecule has 7 heteroatoms. The summed E-state index contributed by atoms with van der Waals surface area (Å²) in [6.07, 6.45) is 1.58. The number of anilines is 1. The van der Waals surface area contributed by atoms with Gasteiger partial charge in [-0.05, 0) is 81.8 Å². The fourth-order valence-corrected chi connectivity index (χ4v) is 3.62. The van der Waals surface area contributed by atoms with Crippen LogP contribution in [0.15, 0.2) is 60.2 Å². The highest BCUT2D eigenvalue weighted by Crippen LogP contribution is 2.24. The van der Waals surface area contributed by atoms with E-state index in [0.29, 0.717) is 30.2 Å². The van der Waals surface area contributed by atoms with Gasteiger partial charge < -0.3 is 19.4 Å². The first-order chi connectivity index (χ1) is 16.4. The van der Waals surface area contributed by atoms with Crippen LogP contribution in [-0.4, -0.2) is 29.7 Å². The predicted molar refractivity (Wildman–Crippen MR) is 131 cm³/mol. The Balaban J connectivity index is 1.86. The monoisotopic (exact) mass is 457 g/mol. The zero-order valence-electron chi connectivity index (χ0n) is 19.7. The standard InChI is InChI=1S/C27H27N3O4/c1-5-33-25-9-7-8-23(16-25)29-26(31)22(17-28)15-21-14-18(3)30(19(21)4)24-12-10-20(11-13-24)27(32)34-6-2/h7-16H,5-6H2,1-4H3,(H,29,31). The fourth-order valence-electron chi connectivity index (χ4n) is 3.62. The summed E-state index contributed by atoms with van der Waals surface area (Å²) in [5, 5.41) is 12.4. The topological polar surface area (TPSA) is 93.4 Å². The highest BCUT2D eigenvalue weighted by Gasteiger charge is 2.15. The Morgan fingerprint density at radius 2 is 1.79 bits per heavy atom. The van der Waals surface area contributed by atoms with Crippen LogP contribution in [0.2, 0.25) is 0 Å². The molecule has 0 saturated carbocycles. The molecule has 174 valence electrons. The molecule has 0 spiro atoms. The number of nitriles is 1. The third-order valence-corrected chi connectivity index (χ3v) is 5.17. The second kappa shape index (κ2) is 11.0. The summed E-state index contributed by atoms with van der Waals surface area (Å²) in [5.74, 6) is -0.227. The lowest BCUT2D eigenvalue weighted by Gasteiger charge is -2.11. The molecular weight excluding hydrogens is 430 g/mol. The van der Waals surface area contributed by atoms with Crippen molar-refractivity contribution in [1.82, 2.24) is 4.57 Å². The molecule has 1 N–H and O–H groups in total. The average molecular weight is 458 g/mol. The van der Waals surface area contributed by atoms with Crippen molar-refractivity contribution in [2.45, 2.75) is 27.7 Å². The number of nitrogens with zero attached hydrogens (tertiary/aromatic N) is 2. The van der Waals surface area contributed by atoms with Crippen LogP contribution in [-0.2, 0) is 9.53 Å². The molecule has 0 aliphatic carbocycles. The first-order valence-electron chi connectivity index (χ1n) is 11.0. The van der Waals surface area contributed by atoms with Gasteiger partial charge in [-0.2, -0.15) is 5.26 Å². The Kier molecular flexibility index (Phi) is 7.88. The maximum atomic E-state index is 12.8. The summed E-state index contributed by atoms with van der Waals surface area (Å²) >= 11 is 0. The van der Waals surface area contributed by atoms with E-state index in [2.05, 4.69) is 5.32 Å². The van der Waals surface area contributed by atoms with Crippen molar-refractivity contribution in [1.29, 1.82) is 5.26 Å². The minimum absolute atomic E-state index is 0.0141. The second-order valence-electron chi connectivity index (χ2n) is 7.51. The lowest BCUT2D eigenvalue weighted by atomic mass is 10.1. The largest absolute Gasteiger partial charge is 0.494 e. The molecule has 34 heavy (non-hydrogen) atoms. The van der Waals surface area contributed by atoms with E-state index >= 15 is 0 Å². The molecule has 1 heterocycles. The predicted octanol–water partition coefficient (Wildman–Crippen LogP) is 5.22. The summed E-state index contributed by atoms with van der Waals surface area (Å²) in [4.78, 5) is 24.7. The average Bonchev–Trinajstić information content (AvgIpc) is 3.10. The molecule has 0 bridgehead atoms. The summed E-state index contributed by atoms with van der Waals surface area (Å²) in [6.45, 7) is 8.33. The Morgan fingerprint density at radius 1 is 1.06 bits per heavy atom. The highest BCUT2D eigenvalue weighted by molar-refractivity contribution is 6.09. The fraction of sp³-hybridized carbons (Fsp3) is 0.222. The van der Waals surface area contributed by atoms with E-state index in [1.54, 1.807) is 49.4 Å². The van der Waals surface area contributed by atoms with Gasteiger partial charge in [-0.25, -0.2) is 4.79 Å². The second-order valence-corrected chi connectivity index (χ2v) is 7.51. The molecule has 1 aromatic heterocycles. The molecule has 7 nitrogen and oxygen atoms in total. The molecule has 0 radical (unpaired) electrons. The van der Waals surface area contributed by atoms with Crippen molar-refractivity contribution < 1.29 is 19.1 Å². The molecule has 2 aromatic carbocycles. The van der Waals surface area contributed by atoms with E-state index in [4.69, 9.17) is 9.47 Å². The molecule has 0 aliphatic rings. The number of hydrogen-bond donors (Lipinski definition) is 1. The molecule has 0 unspecified atom stereocenters. The van der Waals surface area contributed by atoms with Crippen LogP contribution in [0, 0.1) is 25.2 Å². The number of esters is 1. The molecule has 0 atom stereocenters. The summed E-state index contributed by atoms with van der Waals surface area (Å²) in [7, 11) is 0. The van der Waals surface area contributed by atoms with E-state index in [-0.39, 0.29) is 11.5 Å². The Labute approximate surface area is 199 Å². The number of aryl methyl sites for hydroxylation is 1. The minimum Gasteiger partial charge on any atom is -0.494 e. The smallest absolute Gasteiger partial charge is 0.338 e. The van der Waals surface area contributed by atoms with Crippen LogP contribution in [0.5, 0.6) is 5.75 Å². The van der Waals surface area contributed by atoms with Crippen molar-refractivity contribution in [3.05, 3.63) is 82.7 Å². The van der Waals surface area contributed by atoms with Gasteiger partial charge in [0.2, 0.25) is 0 Å². The van der Waals surface area contributed by atoms with Gasteiger partial charge in [0.25, 0.3) is 5.91 Å². The number of nitrogens with one attached hydrogen (secondary N) is 1. The minimum atomic E-state index is -0.500. The maximum absolute atomic E-state index is 12.8. The van der Waals surface area contributed by atoms with Gasteiger partial charge in [0.05, 0.1) is 18.8 Å². The van der Waals surface area contributed by atoms with Crippen molar-refractivity contribution in [3.8, 4) is 17.5 Å². The van der Waals surface area contributed by atoms with E-state index in [0.717, 1.165) is 22.6 Å². The molecule has 0 fully saturated rings. The van der Waals surface area contributed by atoms with Crippen molar-refractivity contribution >= 4 is 23.6 Å². The van der Waals surface area contributed by atoms with E-state index in [9.17, 15) is 14.9 Å². The third kappa shape index (κ3) is 5.54. The van der Waals surface area contributed by atoms with Crippen molar-refractivity contribution in [2.75, 3.05) is 18.5 Å². The summed E-state index contributed by atoms with van der Waals surface area (Å²) in [6, 6.07) is 18.0. The Hall–Kier alpha value is -4.31. The van der Waals surface area contributed by atoms with Gasteiger partial charge in [0.1, 0.15) is 17.4 Å². The quantitative estimate of drug-likeness (QED) is 0.285. The maximum Gasteiger partial charge on any atom is 0.338 e.